The highest BCUT2D eigenvalue weighted by atomic mass is 28.4. The number of rotatable bonds is 5. The molecule has 0 saturated heterocycles. The fourth-order valence-electron chi connectivity index (χ4n) is 1.89. The van der Waals surface area contributed by atoms with Gasteiger partial charge < -0.3 is 13.3 Å². The molecule has 0 aliphatic rings. The minimum Gasteiger partial charge on any atom is -0.368 e. The van der Waals surface area contributed by atoms with Crippen LogP contribution in [0.2, 0.25) is 5.54 Å². The Hall–Kier alpha value is 0.0969. The molecule has 0 aromatic heterocycles. The van der Waals surface area contributed by atoms with Crippen LogP contribution in [0, 0.1) is 0 Å². The van der Waals surface area contributed by atoms with Gasteiger partial charge in [-0.2, -0.15) is 0 Å². The maximum Gasteiger partial charge on any atom is 0.505 e. The molecule has 0 N–H and O–H groups in total. The molecule has 20 heavy (non-hydrogen) atoms. The van der Waals surface area contributed by atoms with Crippen molar-refractivity contribution in [1.82, 2.24) is 0 Å². The largest absolute Gasteiger partial charge is 0.505 e. The van der Waals surface area contributed by atoms with E-state index in [9.17, 15) is 0 Å². The summed E-state index contributed by atoms with van der Waals surface area (Å²) in [5.41, 5.74) is -0.593. The standard InChI is InChI=1S/C16H36O3Si/c1-12-13(2)20(17-14(3,4)5,18-15(6,7)8)19-16(9,10)11/h13H,12H2,1-11H3. The Balaban J connectivity index is 5.63. The summed E-state index contributed by atoms with van der Waals surface area (Å²) < 4.78 is 19.3. The highest BCUT2D eigenvalue weighted by Crippen LogP contribution is 2.38. The van der Waals surface area contributed by atoms with E-state index in [1.165, 1.54) is 0 Å². The number of hydrogen-bond donors (Lipinski definition) is 0. The maximum atomic E-state index is 6.42. The van der Waals surface area contributed by atoms with Gasteiger partial charge in [0.05, 0.1) is 16.8 Å². The molecule has 0 heterocycles. The molecule has 4 heteroatoms. The van der Waals surface area contributed by atoms with E-state index < -0.39 is 8.80 Å². The molecule has 0 fully saturated rings. The Morgan fingerprint density at radius 2 is 0.950 bits per heavy atom. The van der Waals surface area contributed by atoms with E-state index in [1.54, 1.807) is 0 Å². The summed E-state index contributed by atoms with van der Waals surface area (Å²) in [5, 5.41) is 0. The molecule has 0 aliphatic carbocycles. The van der Waals surface area contributed by atoms with Crippen LogP contribution in [0.4, 0.5) is 0 Å². The number of hydrogen-bond acceptors (Lipinski definition) is 3. The Morgan fingerprint density at radius 1 is 0.700 bits per heavy atom. The summed E-state index contributed by atoms with van der Waals surface area (Å²) in [4.78, 5) is 0. The lowest BCUT2D eigenvalue weighted by Gasteiger charge is -2.45. The van der Waals surface area contributed by atoms with Crippen LogP contribution < -0.4 is 0 Å². The molecule has 122 valence electrons. The van der Waals surface area contributed by atoms with Crippen LogP contribution >= 0.6 is 0 Å². The molecular weight excluding hydrogens is 268 g/mol. The van der Waals surface area contributed by atoms with Gasteiger partial charge in [0.2, 0.25) is 0 Å². The minimum atomic E-state index is -2.81. The van der Waals surface area contributed by atoms with Gasteiger partial charge in [-0.25, -0.2) is 0 Å². The minimum absolute atomic E-state index is 0.264. The molecule has 0 aromatic rings. The van der Waals surface area contributed by atoms with Crippen LogP contribution in [0.3, 0.4) is 0 Å². The molecular formula is C16H36O3Si. The Bertz CT molecular complexity index is 254. The Labute approximate surface area is 127 Å². The van der Waals surface area contributed by atoms with E-state index in [0.29, 0.717) is 0 Å². The third-order valence-electron chi connectivity index (χ3n) is 2.56. The van der Waals surface area contributed by atoms with Gasteiger partial charge in [0.15, 0.2) is 0 Å². The second-order valence-corrected chi connectivity index (χ2v) is 11.4. The average Bonchev–Trinajstić information content (AvgIpc) is 2.07. The summed E-state index contributed by atoms with van der Waals surface area (Å²) in [7, 11) is -2.81. The third-order valence-corrected chi connectivity index (χ3v) is 6.87. The second kappa shape index (κ2) is 6.47. The van der Waals surface area contributed by atoms with Crippen molar-refractivity contribution in [2.24, 2.45) is 0 Å². The van der Waals surface area contributed by atoms with Gasteiger partial charge in [0.25, 0.3) is 0 Å². The molecule has 1 atom stereocenters. The van der Waals surface area contributed by atoms with Gasteiger partial charge in [0.1, 0.15) is 0 Å². The maximum absolute atomic E-state index is 6.42. The fourth-order valence-corrected chi connectivity index (χ4v) is 5.68. The monoisotopic (exact) mass is 304 g/mol. The van der Waals surface area contributed by atoms with Crippen molar-refractivity contribution in [2.75, 3.05) is 0 Å². The highest BCUT2D eigenvalue weighted by Gasteiger charge is 2.53. The molecule has 0 saturated carbocycles. The third kappa shape index (κ3) is 7.77. The van der Waals surface area contributed by atoms with E-state index in [1.807, 2.05) is 0 Å². The molecule has 0 bridgehead atoms. The molecule has 0 aromatic carbocycles. The first-order chi connectivity index (χ1) is 8.60. The Morgan fingerprint density at radius 3 is 1.10 bits per heavy atom. The first-order valence-corrected chi connectivity index (χ1v) is 9.51. The van der Waals surface area contributed by atoms with Crippen LogP contribution in [0.1, 0.15) is 82.6 Å². The van der Waals surface area contributed by atoms with Crippen molar-refractivity contribution >= 4 is 8.80 Å². The quantitative estimate of drug-likeness (QED) is 0.656. The van der Waals surface area contributed by atoms with Crippen molar-refractivity contribution < 1.29 is 13.3 Å². The van der Waals surface area contributed by atoms with Crippen molar-refractivity contribution in [3.8, 4) is 0 Å². The summed E-state index contributed by atoms with van der Waals surface area (Å²) in [6.07, 6.45) is 0.981. The van der Waals surface area contributed by atoms with E-state index in [2.05, 4.69) is 76.2 Å². The summed E-state index contributed by atoms with van der Waals surface area (Å²) in [5.74, 6) is 0. The van der Waals surface area contributed by atoms with E-state index in [0.717, 1.165) is 6.42 Å². The predicted molar refractivity (Wildman–Crippen MR) is 88.0 cm³/mol. The summed E-state index contributed by atoms with van der Waals surface area (Å²) >= 11 is 0. The fraction of sp³-hybridized carbons (Fsp3) is 1.00. The zero-order valence-electron chi connectivity index (χ0n) is 15.5. The summed E-state index contributed by atoms with van der Waals surface area (Å²) in [6, 6.07) is 0. The van der Waals surface area contributed by atoms with E-state index >= 15 is 0 Å². The summed E-state index contributed by atoms with van der Waals surface area (Å²) in [6.45, 7) is 22.9. The van der Waals surface area contributed by atoms with Crippen molar-refractivity contribution in [3.05, 3.63) is 0 Å². The highest BCUT2D eigenvalue weighted by molar-refractivity contribution is 6.62. The van der Waals surface area contributed by atoms with Gasteiger partial charge in [0, 0.05) is 5.54 Å². The van der Waals surface area contributed by atoms with Crippen LogP contribution in [0.15, 0.2) is 0 Å². The zero-order valence-corrected chi connectivity index (χ0v) is 16.5. The molecule has 0 spiro atoms. The topological polar surface area (TPSA) is 27.7 Å². The van der Waals surface area contributed by atoms with Crippen LogP contribution in [0.25, 0.3) is 0 Å². The van der Waals surface area contributed by atoms with Gasteiger partial charge in [-0.3, -0.25) is 0 Å². The molecule has 0 amide bonds. The van der Waals surface area contributed by atoms with Gasteiger partial charge >= 0.3 is 8.80 Å². The van der Waals surface area contributed by atoms with Gasteiger partial charge in [-0.15, -0.1) is 0 Å². The van der Waals surface area contributed by atoms with Crippen LogP contribution in [-0.4, -0.2) is 25.6 Å². The lowest BCUT2D eigenvalue weighted by atomic mass is 10.2. The lowest BCUT2D eigenvalue weighted by molar-refractivity contribution is -0.0807. The normalized spacial score (nSPS) is 16.4. The average molecular weight is 305 g/mol. The second-order valence-electron chi connectivity index (χ2n) is 8.56. The van der Waals surface area contributed by atoms with Crippen molar-refractivity contribution in [1.29, 1.82) is 0 Å². The molecule has 0 aliphatic heterocycles. The molecule has 3 nitrogen and oxygen atoms in total. The molecule has 0 rings (SSSR count). The van der Waals surface area contributed by atoms with Gasteiger partial charge in [-0.05, 0) is 68.7 Å². The predicted octanol–water partition coefficient (Wildman–Crippen LogP) is 5.17. The van der Waals surface area contributed by atoms with E-state index in [4.69, 9.17) is 13.3 Å². The first kappa shape index (κ1) is 20.1. The van der Waals surface area contributed by atoms with Gasteiger partial charge in [-0.1, -0.05) is 13.8 Å². The Kier molecular flexibility index (Phi) is 6.50. The smallest absolute Gasteiger partial charge is 0.368 e. The molecule has 1 unspecified atom stereocenters. The zero-order chi connectivity index (χ0) is 16.4. The van der Waals surface area contributed by atoms with Crippen molar-refractivity contribution in [2.45, 2.75) is 105 Å². The van der Waals surface area contributed by atoms with Crippen molar-refractivity contribution in [3.63, 3.8) is 0 Å². The SMILES string of the molecule is CCC(C)[Si](OC(C)(C)C)(OC(C)(C)C)OC(C)(C)C. The van der Waals surface area contributed by atoms with Crippen LogP contribution in [0.5, 0.6) is 0 Å². The van der Waals surface area contributed by atoms with Crippen LogP contribution in [-0.2, 0) is 13.3 Å². The first-order valence-electron chi connectivity index (χ1n) is 7.71. The van der Waals surface area contributed by atoms with E-state index in [-0.39, 0.29) is 22.3 Å². The molecule has 0 radical (unpaired) electrons. The lowest BCUT2D eigenvalue weighted by Crippen LogP contribution is -2.59.